The number of carbonyl (C=O) groups excluding carboxylic acids is 1. The number of nitrogens with one attached hydrogen (secondary N) is 1. The molecule has 150 valence electrons. The fourth-order valence-electron chi connectivity index (χ4n) is 3.70. The predicted octanol–water partition coefficient (Wildman–Crippen LogP) is 3.54. The minimum atomic E-state index is -0.346. The van der Waals surface area contributed by atoms with Crippen LogP contribution in [0.2, 0.25) is 0 Å². The normalized spacial score (nSPS) is 19.2. The summed E-state index contributed by atoms with van der Waals surface area (Å²) in [6.07, 6.45) is 4.76. The Labute approximate surface area is 161 Å². The Balaban J connectivity index is 1.52. The first-order valence-electron chi connectivity index (χ1n) is 10.1. The van der Waals surface area contributed by atoms with E-state index in [0.717, 1.165) is 32.1 Å². The lowest BCUT2D eigenvalue weighted by molar-refractivity contribution is -0.182. The van der Waals surface area contributed by atoms with Gasteiger partial charge in [0.15, 0.2) is 17.3 Å². The molecule has 6 nitrogen and oxygen atoms in total. The smallest absolute Gasteiger partial charge is 0.251 e. The summed E-state index contributed by atoms with van der Waals surface area (Å²) in [7, 11) is 0. The van der Waals surface area contributed by atoms with Crippen molar-refractivity contribution < 1.29 is 23.7 Å². The number of hydrogen-bond donors (Lipinski definition) is 1. The molecule has 6 heteroatoms. The molecule has 1 N–H and O–H groups in total. The van der Waals surface area contributed by atoms with Gasteiger partial charge in [-0.3, -0.25) is 4.79 Å². The zero-order chi connectivity index (χ0) is 19.1. The van der Waals surface area contributed by atoms with Crippen molar-refractivity contribution in [1.29, 1.82) is 0 Å². The van der Waals surface area contributed by atoms with Crippen LogP contribution in [0, 0.1) is 5.92 Å². The monoisotopic (exact) mass is 377 g/mol. The fraction of sp³-hybridized carbons (Fsp3) is 0.667. The summed E-state index contributed by atoms with van der Waals surface area (Å²) < 4.78 is 22.9. The highest BCUT2D eigenvalue weighted by Crippen LogP contribution is 2.38. The summed E-state index contributed by atoms with van der Waals surface area (Å²) >= 11 is 0. The van der Waals surface area contributed by atoms with Gasteiger partial charge in [0.05, 0.1) is 26.4 Å². The van der Waals surface area contributed by atoms with Gasteiger partial charge in [-0.15, -0.1) is 0 Å². The largest absolute Gasteiger partial charge is 0.490 e. The molecule has 1 saturated heterocycles. The van der Waals surface area contributed by atoms with Crippen LogP contribution in [0.1, 0.15) is 56.3 Å². The summed E-state index contributed by atoms with van der Waals surface area (Å²) in [6, 6.07) is 5.37. The molecule has 0 atom stereocenters. The minimum absolute atomic E-state index is 0.0772. The van der Waals surface area contributed by atoms with E-state index in [1.165, 1.54) is 0 Å². The van der Waals surface area contributed by atoms with Crippen molar-refractivity contribution in [3.63, 3.8) is 0 Å². The summed E-state index contributed by atoms with van der Waals surface area (Å²) in [5.74, 6) is 1.34. The molecule has 1 aromatic rings. The number of rotatable bonds is 8. The van der Waals surface area contributed by atoms with Gasteiger partial charge in [0, 0.05) is 24.9 Å². The van der Waals surface area contributed by atoms with Gasteiger partial charge in [-0.25, -0.2) is 0 Å². The van der Waals surface area contributed by atoms with E-state index in [-0.39, 0.29) is 11.7 Å². The van der Waals surface area contributed by atoms with Crippen LogP contribution in [0.15, 0.2) is 18.2 Å². The molecule has 1 heterocycles. The Morgan fingerprint density at radius 1 is 1.15 bits per heavy atom. The standard InChI is InChI=1S/C21H31NO5/c1-3-11-25-18-6-5-17(14-19(18)24-4-2)20(23)22-15-16-7-9-21(10-8-16)26-12-13-27-21/h5-6,14,16H,3-4,7-13,15H2,1-2H3,(H,22,23). The minimum Gasteiger partial charge on any atom is -0.490 e. The van der Waals surface area contributed by atoms with Gasteiger partial charge in [0.1, 0.15) is 0 Å². The van der Waals surface area contributed by atoms with Crippen molar-refractivity contribution >= 4 is 5.91 Å². The fourth-order valence-corrected chi connectivity index (χ4v) is 3.70. The molecule has 1 aliphatic carbocycles. The van der Waals surface area contributed by atoms with E-state index in [1.807, 2.05) is 13.0 Å². The molecule has 0 radical (unpaired) electrons. The van der Waals surface area contributed by atoms with Crippen molar-refractivity contribution in [1.82, 2.24) is 5.32 Å². The topological polar surface area (TPSA) is 66.0 Å². The first-order chi connectivity index (χ1) is 13.2. The van der Waals surface area contributed by atoms with Crippen LogP contribution >= 0.6 is 0 Å². The summed E-state index contributed by atoms with van der Waals surface area (Å²) in [5, 5.41) is 3.06. The average molecular weight is 377 g/mol. The van der Waals surface area contributed by atoms with Crippen molar-refractivity contribution in [2.45, 2.75) is 51.7 Å². The van der Waals surface area contributed by atoms with Crippen LogP contribution in [0.25, 0.3) is 0 Å². The summed E-state index contributed by atoms with van der Waals surface area (Å²) in [6.45, 7) is 7.20. The van der Waals surface area contributed by atoms with Crippen molar-refractivity contribution in [3.05, 3.63) is 23.8 Å². The Kier molecular flexibility index (Phi) is 6.96. The van der Waals surface area contributed by atoms with Crippen LogP contribution < -0.4 is 14.8 Å². The van der Waals surface area contributed by atoms with Gasteiger partial charge in [0.2, 0.25) is 0 Å². The maximum absolute atomic E-state index is 12.6. The first-order valence-corrected chi connectivity index (χ1v) is 10.1. The highest BCUT2D eigenvalue weighted by molar-refractivity contribution is 5.94. The second-order valence-corrected chi connectivity index (χ2v) is 7.20. The quantitative estimate of drug-likeness (QED) is 0.751. The van der Waals surface area contributed by atoms with Gasteiger partial charge in [-0.2, -0.15) is 0 Å². The SMILES string of the molecule is CCCOc1ccc(C(=O)NCC2CCC3(CC2)OCCO3)cc1OCC. The van der Waals surface area contributed by atoms with E-state index in [1.54, 1.807) is 12.1 Å². The van der Waals surface area contributed by atoms with Gasteiger partial charge in [-0.1, -0.05) is 6.92 Å². The van der Waals surface area contributed by atoms with Crippen LogP contribution in [0.3, 0.4) is 0 Å². The maximum Gasteiger partial charge on any atom is 0.251 e. The maximum atomic E-state index is 12.6. The van der Waals surface area contributed by atoms with E-state index in [2.05, 4.69) is 12.2 Å². The summed E-state index contributed by atoms with van der Waals surface area (Å²) in [4.78, 5) is 12.6. The molecule has 0 unspecified atom stereocenters. The molecule has 2 fully saturated rings. The van der Waals surface area contributed by atoms with E-state index in [4.69, 9.17) is 18.9 Å². The Morgan fingerprint density at radius 3 is 2.56 bits per heavy atom. The van der Waals surface area contributed by atoms with Gasteiger partial charge in [-0.05, 0) is 50.3 Å². The molecule has 2 aliphatic rings. The molecule has 1 amide bonds. The second-order valence-electron chi connectivity index (χ2n) is 7.20. The zero-order valence-corrected chi connectivity index (χ0v) is 16.4. The second kappa shape index (κ2) is 9.42. The molecule has 1 aliphatic heterocycles. The first kappa shape index (κ1) is 20.0. The molecular formula is C21H31NO5. The highest BCUT2D eigenvalue weighted by atomic mass is 16.7. The van der Waals surface area contributed by atoms with Crippen LogP contribution in [-0.2, 0) is 9.47 Å². The zero-order valence-electron chi connectivity index (χ0n) is 16.4. The molecule has 27 heavy (non-hydrogen) atoms. The molecular weight excluding hydrogens is 346 g/mol. The average Bonchev–Trinajstić information content (AvgIpc) is 3.14. The lowest BCUT2D eigenvalue weighted by Gasteiger charge is -2.35. The lowest BCUT2D eigenvalue weighted by atomic mass is 9.85. The Morgan fingerprint density at radius 2 is 1.89 bits per heavy atom. The van der Waals surface area contributed by atoms with Crippen LogP contribution in [0.5, 0.6) is 11.5 Å². The molecule has 3 rings (SSSR count). The van der Waals surface area contributed by atoms with Crippen molar-refractivity contribution in [3.8, 4) is 11.5 Å². The van der Waals surface area contributed by atoms with Gasteiger partial charge >= 0.3 is 0 Å². The molecule has 1 saturated carbocycles. The number of hydrogen-bond acceptors (Lipinski definition) is 5. The van der Waals surface area contributed by atoms with E-state index in [0.29, 0.717) is 56.0 Å². The number of benzene rings is 1. The van der Waals surface area contributed by atoms with E-state index >= 15 is 0 Å². The lowest BCUT2D eigenvalue weighted by Crippen LogP contribution is -2.38. The molecule has 1 aromatic carbocycles. The van der Waals surface area contributed by atoms with Gasteiger partial charge < -0.3 is 24.3 Å². The third-order valence-electron chi connectivity index (χ3n) is 5.20. The van der Waals surface area contributed by atoms with E-state index in [9.17, 15) is 4.79 Å². The van der Waals surface area contributed by atoms with Crippen LogP contribution in [0.4, 0.5) is 0 Å². The molecule has 1 spiro atoms. The molecule has 0 bridgehead atoms. The van der Waals surface area contributed by atoms with Gasteiger partial charge in [0.25, 0.3) is 5.91 Å². The number of carbonyl (C=O) groups is 1. The predicted molar refractivity (Wildman–Crippen MR) is 102 cm³/mol. The molecule has 0 aromatic heterocycles. The third kappa shape index (κ3) is 5.14. The van der Waals surface area contributed by atoms with Crippen molar-refractivity contribution in [2.75, 3.05) is 33.0 Å². The number of amides is 1. The Hall–Kier alpha value is -1.79. The highest BCUT2D eigenvalue weighted by Gasteiger charge is 2.40. The third-order valence-corrected chi connectivity index (χ3v) is 5.20. The van der Waals surface area contributed by atoms with E-state index < -0.39 is 0 Å². The van der Waals surface area contributed by atoms with Crippen molar-refractivity contribution in [2.24, 2.45) is 5.92 Å². The number of ether oxygens (including phenoxy) is 4. The summed E-state index contributed by atoms with van der Waals surface area (Å²) in [5.41, 5.74) is 0.594. The van der Waals surface area contributed by atoms with Crippen LogP contribution in [-0.4, -0.2) is 44.7 Å². The Bertz CT molecular complexity index is 617.